The third kappa shape index (κ3) is 3.67. The molecule has 7 heteroatoms. The number of fused-ring (bicyclic) bond motifs is 1. The monoisotopic (exact) mass is 396 g/mol. The van der Waals surface area contributed by atoms with Crippen molar-refractivity contribution < 1.29 is 8.42 Å². The van der Waals surface area contributed by atoms with E-state index in [1.165, 1.54) is 4.31 Å². The maximum absolute atomic E-state index is 13.3. The standard InChI is InChI=1S/C21H24N4O2S/c1-17-11-13-19(14-12-17)28(26,27)25-15-7-3-6-10-20-21(25)22-23-24(20)16-18-8-4-2-5-9-18/h2,4-5,8-9,11-14H,3,6-7,10,15-16H2,1H3. The van der Waals surface area contributed by atoms with Gasteiger partial charge in [0.2, 0.25) is 0 Å². The van der Waals surface area contributed by atoms with Gasteiger partial charge >= 0.3 is 0 Å². The molecule has 2 heterocycles. The first-order valence-electron chi connectivity index (χ1n) is 9.61. The number of anilines is 1. The average molecular weight is 397 g/mol. The zero-order valence-corrected chi connectivity index (χ0v) is 16.8. The van der Waals surface area contributed by atoms with Crippen LogP contribution in [-0.2, 0) is 23.0 Å². The van der Waals surface area contributed by atoms with E-state index in [0.29, 0.717) is 23.8 Å². The third-order valence-corrected chi connectivity index (χ3v) is 6.92. The lowest BCUT2D eigenvalue weighted by Crippen LogP contribution is -2.34. The molecule has 0 atom stereocenters. The van der Waals surface area contributed by atoms with Crippen LogP contribution in [0.1, 0.15) is 36.1 Å². The van der Waals surface area contributed by atoms with Gasteiger partial charge in [-0.25, -0.2) is 17.4 Å². The normalized spacial score (nSPS) is 15.0. The van der Waals surface area contributed by atoms with Gasteiger partial charge in [0.25, 0.3) is 10.0 Å². The summed E-state index contributed by atoms with van der Waals surface area (Å²) in [4.78, 5) is 0.294. The predicted molar refractivity (Wildman–Crippen MR) is 109 cm³/mol. The van der Waals surface area contributed by atoms with Crippen molar-refractivity contribution in [3.63, 3.8) is 0 Å². The summed E-state index contributed by atoms with van der Waals surface area (Å²) < 4.78 is 30.0. The first kappa shape index (κ1) is 18.7. The molecule has 2 aromatic carbocycles. The number of hydrogen-bond acceptors (Lipinski definition) is 4. The Hall–Kier alpha value is -2.67. The molecule has 146 valence electrons. The van der Waals surface area contributed by atoms with Gasteiger partial charge in [-0.15, -0.1) is 5.10 Å². The zero-order valence-electron chi connectivity index (χ0n) is 16.0. The second kappa shape index (κ2) is 7.75. The minimum Gasteiger partial charge on any atom is -0.247 e. The van der Waals surface area contributed by atoms with Gasteiger partial charge in [-0.3, -0.25) is 0 Å². The molecule has 0 saturated heterocycles. The quantitative estimate of drug-likeness (QED) is 0.676. The maximum Gasteiger partial charge on any atom is 0.265 e. The minimum absolute atomic E-state index is 0.294. The highest BCUT2D eigenvalue weighted by Crippen LogP contribution is 2.29. The summed E-state index contributed by atoms with van der Waals surface area (Å²) in [5.74, 6) is 0.469. The van der Waals surface area contributed by atoms with Crippen molar-refractivity contribution in [1.82, 2.24) is 15.0 Å². The zero-order chi connectivity index (χ0) is 19.6. The summed E-state index contributed by atoms with van der Waals surface area (Å²) >= 11 is 0. The molecule has 0 radical (unpaired) electrons. The summed E-state index contributed by atoms with van der Waals surface area (Å²) in [5, 5.41) is 8.61. The van der Waals surface area contributed by atoms with Crippen molar-refractivity contribution in [2.45, 2.75) is 44.0 Å². The summed E-state index contributed by atoms with van der Waals surface area (Å²) in [6.45, 7) is 2.95. The Morgan fingerprint density at radius 1 is 0.964 bits per heavy atom. The second-order valence-corrected chi connectivity index (χ2v) is 9.07. The van der Waals surface area contributed by atoms with E-state index in [4.69, 9.17) is 0 Å². The van der Waals surface area contributed by atoms with Crippen LogP contribution in [0, 0.1) is 6.92 Å². The molecular formula is C21H24N4O2S. The molecule has 6 nitrogen and oxygen atoms in total. The van der Waals surface area contributed by atoms with Crippen molar-refractivity contribution in [1.29, 1.82) is 0 Å². The Labute approximate surface area is 165 Å². The van der Waals surface area contributed by atoms with Crippen LogP contribution in [0.4, 0.5) is 5.82 Å². The summed E-state index contributed by atoms with van der Waals surface area (Å²) in [7, 11) is -3.67. The van der Waals surface area contributed by atoms with Gasteiger partial charge in [0.15, 0.2) is 5.82 Å². The molecule has 0 bridgehead atoms. The molecule has 4 rings (SSSR count). The smallest absolute Gasteiger partial charge is 0.247 e. The fourth-order valence-corrected chi connectivity index (χ4v) is 5.02. The first-order valence-corrected chi connectivity index (χ1v) is 11.1. The lowest BCUT2D eigenvalue weighted by molar-refractivity contribution is 0.575. The van der Waals surface area contributed by atoms with Gasteiger partial charge in [-0.2, -0.15) is 0 Å². The maximum atomic E-state index is 13.3. The van der Waals surface area contributed by atoms with E-state index >= 15 is 0 Å². The van der Waals surface area contributed by atoms with Crippen LogP contribution in [0.5, 0.6) is 0 Å². The topological polar surface area (TPSA) is 68.1 Å². The number of hydrogen-bond donors (Lipinski definition) is 0. The number of aryl methyl sites for hydroxylation is 1. The lowest BCUT2D eigenvalue weighted by Gasteiger charge is -2.25. The van der Waals surface area contributed by atoms with Crippen LogP contribution in [0.15, 0.2) is 59.5 Å². The highest BCUT2D eigenvalue weighted by molar-refractivity contribution is 7.92. The number of nitrogens with zero attached hydrogens (tertiary/aromatic N) is 4. The molecular weight excluding hydrogens is 372 g/mol. The van der Waals surface area contributed by atoms with E-state index in [1.54, 1.807) is 12.1 Å². The van der Waals surface area contributed by atoms with Crippen molar-refractivity contribution in [2.75, 3.05) is 10.8 Å². The predicted octanol–water partition coefficient (Wildman–Crippen LogP) is 3.56. The summed E-state index contributed by atoms with van der Waals surface area (Å²) in [5.41, 5.74) is 3.03. The van der Waals surface area contributed by atoms with Gasteiger partial charge in [-0.1, -0.05) is 59.7 Å². The van der Waals surface area contributed by atoms with Crippen molar-refractivity contribution >= 4 is 15.8 Å². The SMILES string of the molecule is Cc1ccc(S(=O)(=O)N2CCCCCc3c2nnn3Cc2ccccc2)cc1. The van der Waals surface area contributed by atoms with Crippen LogP contribution in [0.25, 0.3) is 0 Å². The second-order valence-electron chi connectivity index (χ2n) is 7.20. The Bertz CT molecular complexity index is 1040. The first-order chi connectivity index (χ1) is 13.6. The molecule has 0 amide bonds. The summed E-state index contributed by atoms with van der Waals surface area (Å²) in [6.07, 6.45) is 3.58. The fraction of sp³-hybridized carbons (Fsp3) is 0.333. The molecule has 1 aromatic heterocycles. The highest BCUT2D eigenvalue weighted by Gasteiger charge is 2.31. The molecule has 0 saturated carbocycles. The third-order valence-electron chi connectivity index (χ3n) is 5.11. The highest BCUT2D eigenvalue weighted by atomic mass is 32.2. The number of benzene rings is 2. The molecule has 3 aromatic rings. The molecule has 0 unspecified atom stereocenters. The van der Waals surface area contributed by atoms with Crippen LogP contribution in [0.2, 0.25) is 0 Å². The Balaban J connectivity index is 1.73. The molecule has 0 aliphatic carbocycles. The molecule has 28 heavy (non-hydrogen) atoms. The molecule has 1 aliphatic rings. The number of sulfonamides is 1. The Morgan fingerprint density at radius 3 is 2.46 bits per heavy atom. The summed E-state index contributed by atoms with van der Waals surface area (Å²) in [6, 6.07) is 17.0. The molecule has 0 fully saturated rings. The number of rotatable bonds is 4. The van der Waals surface area contributed by atoms with E-state index in [9.17, 15) is 8.42 Å². The lowest BCUT2D eigenvalue weighted by atomic mass is 10.1. The van der Waals surface area contributed by atoms with Crippen LogP contribution in [-0.4, -0.2) is 30.0 Å². The van der Waals surface area contributed by atoms with Crippen LogP contribution < -0.4 is 4.31 Å². The van der Waals surface area contributed by atoms with Gasteiger partial charge in [0, 0.05) is 6.54 Å². The average Bonchev–Trinajstić information content (AvgIpc) is 3.04. The molecule has 0 spiro atoms. The van der Waals surface area contributed by atoms with Gasteiger partial charge < -0.3 is 0 Å². The van der Waals surface area contributed by atoms with Crippen molar-refractivity contribution in [3.05, 3.63) is 71.4 Å². The van der Waals surface area contributed by atoms with Crippen LogP contribution in [0.3, 0.4) is 0 Å². The van der Waals surface area contributed by atoms with Crippen molar-refractivity contribution in [2.24, 2.45) is 0 Å². The Morgan fingerprint density at radius 2 is 1.71 bits per heavy atom. The van der Waals surface area contributed by atoms with Crippen molar-refractivity contribution in [3.8, 4) is 0 Å². The van der Waals surface area contributed by atoms with E-state index in [2.05, 4.69) is 10.3 Å². The van der Waals surface area contributed by atoms with Gasteiger partial charge in [0.1, 0.15) is 0 Å². The molecule has 1 aliphatic heterocycles. The van der Waals surface area contributed by atoms with Crippen LogP contribution >= 0.6 is 0 Å². The largest absolute Gasteiger partial charge is 0.265 e. The Kier molecular flexibility index (Phi) is 5.17. The minimum atomic E-state index is -3.67. The van der Waals surface area contributed by atoms with Gasteiger partial charge in [-0.05, 0) is 43.9 Å². The van der Waals surface area contributed by atoms with E-state index in [-0.39, 0.29) is 0 Å². The fourth-order valence-electron chi connectivity index (χ4n) is 3.54. The van der Waals surface area contributed by atoms with E-state index in [1.807, 2.05) is 54.1 Å². The van der Waals surface area contributed by atoms with E-state index in [0.717, 1.165) is 42.5 Å². The van der Waals surface area contributed by atoms with Gasteiger partial charge in [0.05, 0.1) is 17.1 Å². The van der Waals surface area contributed by atoms with E-state index < -0.39 is 10.0 Å². The number of aromatic nitrogens is 3. The molecule has 0 N–H and O–H groups in total.